The summed E-state index contributed by atoms with van der Waals surface area (Å²) in [6.45, 7) is 7.94. The number of hydrogen-bond donors (Lipinski definition) is 1. The van der Waals surface area contributed by atoms with Gasteiger partial charge < -0.3 is 15.0 Å². The second-order valence-corrected chi connectivity index (χ2v) is 8.10. The Kier molecular flexibility index (Phi) is 8.70. The number of benzene rings is 2. The molecule has 0 bridgehead atoms. The number of hydrogen-bond acceptors (Lipinski definition) is 3. The molecule has 0 spiro atoms. The smallest absolute Gasteiger partial charge is 0.261 e. The third-order valence-electron chi connectivity index (χ3n) is 4.95. The molecule has 1 N–H and O–H groups in total. The maximum absolute atomic E-state index is 13.0. The second kappa shape index (κ2) is 11.0. The minimum absolute atomic E-state index is 0.0550. The first-order valence-corrected chi connectivity index (χ1v) is 10.6. The van der Waals surface area contributed by atoms with Crippen LogP contribution in [0.4, 0.5) is 0 Å². The zero-order valence-electron chi connectivity index (χ0n) is 17.4. The fourth-order valence-corrected chi connectivity index (χ4v) is 3.04. The van der Waals surface area contributed by atoms with E-state index >= 15 is 0 Å². The number of rotatable bonds is 9. The second-order valence-electron chi connectivity index (χ2n) is 7.18. The van der Waals surface area contributed by atoms with Crippen LogP contribution in [0.1, 0.15) is 38.3 Å². The van der Waals surface area contributed by atoms with Crippen LogP contribution >= 0.6 is 15.9 Å². The van der Waals surface area contributed by atoms with Crippen LogP contribution in [-0.2, 0) is 16.1 Å². The highest BCUT2D eigenvalue weighted by molar-refractivity contribution is 9.10. The summed E-state index contributed by atoms with van der Waals surface area (Å²) in [6, 6.07) is 14.6. The maximum Gasteiger partial charge on any atom is 0.261 e. The Bertz CT molecular complexity index is 823. The Hall–Kier alpha value is -2.34. The lowest BCUT2D eigenvalue weighted by molar-refractivity contribution is -0.142. The molecule has 0 aromatic heterocycles. The topological polar surface area (TPSA) is 58.6 Å². The monoisotopic (exact) mass is 460 g/mol. The van der Waals surface area contributed by atoms with Gasteiger partial charge in [-0.1, -0.05) is 47.1 Å². The Morgan fingerprint density at radius 2 is 1.76 bits per heavy atom. The first-order valence-electron chi connectivity index (χ1n) is 9.84. The van der Waals surface area contributed by atoms with Crippen molar-refractivity contribution >= 4 is 27.7 Å². The lowest BCUT2D eigenvalue weighted by atomic mass is 10.1. The molecule has 0 saturated heterocycles. The molecule has 0 fully saturated rings. The molecule has 29 heavy (non-hydrogen) atoms. The SMILES string of the molecule is CC[C@@H](C)NC(=O)[C@H](C)N(Cc1ccccc1C)C(=O)COc1ccc(Br)cc1. The number of amides is 2. The number of carbonyl (C=O) groups is 2. The Morgan fingerprint density at radius 1 is 1.10 bits per heavy atom. The van der Waals surface area contributed by atoms with Crippen molar-refractivity contribution in [2.24, 2.45) is 0 Å². The average Bonchev–Trinajstić information content (AvgIpc) is 2.71. The lowest BCUT2D eigenvalue weighted by Gasteiger charge is -2.30. The number of halogens is 1. The van der Waals surface area contributed by atoms with E-state index in [-0.39, 0.29) is 24.5 Å². The van der Waals surface area contributed by atoms with Gasteiger partial charge in [-0.15, -0.1) is 0 Å². The molecule has 2 aromatic rings. The zero-order chi connectivity index (χ0) is 21.4. The quantitative estimate of drug-likeness (QED) is 0.600. The summed E-state index contributed by atoms with van der Waals surface area (Å²) < 4.78 is 6.60. The van der Waals surface area contributed by atoms with Crippen molar-refractivity contribution in [1.82, 2.24) is 10.2 Å². The summed E-state index contributed by atoms with van der Waals surface area (Å²) in [6.07, 6.45) is 0.830. The van der Waals surface area contributed by atoms with E-state index in [1.54, 1.807) is 24.0 Å². The van der Waals surface area contributed by atoms with Crippen molar-refractivity contribution in [2.75, 3.05) is 6.61 Å². The molecule has 5 nitrogen and oxygen atoms in total. The van der Waals surface area contributed by atoms with Gasteiger partial charge in [-0.05, 0) is 62.6 Å². The molecule has 0 aliphatic rings. The normalized spacial score (nSPS) is 12.7. The van der Waals surface area contributed by atoms with Crippen molar-refractivity contribution in [1.29, 1.82) is 0 Å². The summed E-state index contributed by atoms with van der Waals surface area (Å²) in [4.78, 5) is 27.3. The van der Waals surface area contributed by atoms with Crippen LogP contribution in [-0.4, -0.2) is 35.4 Å². The number of ether oxygens (including phenoxy) is 1. The number of nitrogens with one attached hydrogen (secondary N) is 1. The van der Waals surface area contributed by atoms with Gasteiger partial charge in [0.15, 0.2) is 6.61 Å². The average molecular weight is 461 g/mol. The third kappa shape index (κ3) is 6.89. The maximum atomic E-state index is 13.0. The van der Waals surface area contributed by atoms with Crippen molar-refractivity contribution in [3.05, 3.63) is 64.1 Å². The van der Waals surface area contributed by atoms with Gasteiger partial charge in [-0.25, -0.2) is 0 Å². The van der Waals surface area contributed by atoms with Crippen LogP contribution < -0.4 is 10.1 Å². The molecule has 156 valence electrons. The van der Waals surface area contributed by atoms with Crippen molar-refractivity contribution in [3.8, 4) is 5.75 Å². The standard InChI is InChI=1S/C23H29BrN2O3/c1-5-17(3)25-23(28)18(4)26(14-19-9-7-6-8-16(19)2)22(27)15-29-21-12-10-20(24)11-13-21/h6-13,17-18H,5,14-15H2,1-4H3,(H,25,28)/t17-,18+/m1/s1. The minimum Gasteiger partial charge on any atom is -0.484 e. The summed E-state index contributed by atoms with van der Waals surface area (Å²) in [5.41, 5.74) is 2.08. The van der Waals surface area contributed by atoms with E-state index < -0.39 is 6.04 Å². The van der Waals surface area contributed by atoms with Crippen molar-refractivity contribution < 1.29 is 14.3 Å². The molecular weight excluding hydrogens is 432 g/mol. The first kappa shape index (κ1) is 22.9. The fourth-order valence-electron chi connectivity index (χ4n) is 2.78. The fraction of sp³-hybridized carbons (Fsp3) is 0.391. The molecule has 2 aromatic carbocycles. The van der Waals surface area contributed by atoms with E-state index in [2.05, 4.69) is 21.2 Å². The molecule has 0 aliphatic heterocycles. The highest BCUT2D eigenvalue weighted by Crippen LogP contribution is 2.17. The number of nitrogens with zero attached hydrogens (tertiary/aromatic N) is 1. The van der Waals surface area contributed by atoms with Gasteiger partial charge in [0, 0.05) is 17.1 Å². The van der Waals surface area contributed by atoms with Crippen LogP contribution in [0.25, 0.3) is 0 Å². The molecule has 2 rings (SSSR count). The summed E-state index contributed by atoms with van der Waals surface area (Å²) >= 11 is 3.38. The minimum atomic E-state index is -0.607. The first-order chi connectivity index (χ1) is 13.8. The van der Waals surface area contributed by atoms with E-state index in [9.17, 15) is 9.59 Å². The Labute approximate surface area is 181 Å². The number of aryl methyl sites for hydroxylation is 1. The highest BCUT2D eigenvalue weighted by Gasteiger charge is 2.27. The predicted molar refractivity (Wildman–Crippen MR) is 119 cm³/mol. The van der Waals surface area contributed by atoms with E-state index in [0.29, 0.717) is 12.3 Å². The van der Waals surface area contributed by atoms with Crippen LogP contribution in [0.3, 0.4) is 0 Å². The third-order valence-corrected chi connectivity index (χ3v) is 5.47. The van der Waals surface area contributed by atoms with Crippen molar-refractivity contribution in [2.45, 2.75) is 52.7 Å². The van der Waals surface area contributed by atoms with E-state index in [1.165, 1.54) is 0 Å². The van der Waals surface area contributed by atoms with E-state index in [4.69, 9.17) is 4.74 Å². The van der Waals surface area contributed by atoms with Crippen LogP contribution in [0.5, 0.6) is 5.75 Å². The van der Waals surface area contributed by atoms with Crippen LogP contribution in [0.2, 0.25) is 0 Å². The van der Waals surface area contributed by atoms with Gasteiger partial charge in [0.2, 0.25) is 5.91 Å². The molecule has 2 atom stereocenters. The molecule has 0 saturated carbocycles. The van der Waals surface area contributed by atoms with Gasteiger partial charge in [-0.2, -0.15) is 0 Å². The number of carbonyl (C=O) groups excluding carboxylic acids is 2. The van der Waals surface area contributed by atoms with Gasteiger partial charge in [0.1, 0.15) is 11.8 Å². The van der Waals surface area contributed by atoms with E-state index in [0.717, 1.165) is 22.0 Å². The lowest BCUT2D eigenvalue weighted by Crippen LogP contribution is -2.50. The summed E-state index contributed by atoms with van der Waals surface area (Å²) in [7, 11) is 0. The predicted octanol–water partition coefficient (Wildman–Crippen LogP) is 4.47. The largest absolute Gasteiger partial charge is 0.484 e. The molecule has 0 unspecified atom stereocenters. The summed E-state index contributed by atoms with van der Waals surface area (Å²) in [5.74, 6) is 0.210. The molecule has 0 radical (unpaired) electrons. The van der Waals surface area contributed by atoms with Gasteiger partial charge >= 0.3 is 0 Å². The summed E-state index contributed by atoms with van der Waals surface area (Å²) in [5, 5.41) is 2.97. The molecule has 0 aliphatic carbocycles. The van der Waals surface area contributed by atoms with E-state index in [1.807, 2.05) is 57.2 Å². The molecular formula is C23H29BrN2O3. The Balaban J connectivity index is 2.15. The van der Waals surface area contributed by atoms with Gasteiger partial charge in [0.25, 0.3) is 5.91 Å². The molecule has 2 amide bonds. The highest BCUT2D eigenvalue weighted by atomic mass is 79.9. The zero-order valence-corrected chi connectivity index (χ0v) is 19.0. The van der Waals surface area contributed by atoms with Crippen LogP contribution in [0.15, 0.2) is 53.0 Å². The molecule has 6 heteroatoms. The van der Waals surface area contributed by atoms with Crippen LogP contribution in [0, 0.1) is 6.92 Å². The molecule has 0 heterocycles. The van der Waals surface area contributed by atoms with Gasteiger partial charge in [0.05, 0.1) is 0 Å². The Morgan fingerprint density at radius 3 is 2.38 bits per heavy atom. The van der Waals surface area contributed by atoms with Crippen molar-refractivity contribution in [3.63, 3.8) is 0 Å². The van der Waals surface area contributed by atoms with Gasteiger partial charge in [-0.3, -0.25) is 9.59 Å².